The minimum atomic E-state index is -0.0539. The highest BCUT2D eigenvalue weighted by Crippen LogP contribution is 2.14. The number of amides is 2. The summed E-state index contributed by atoms with van der Waals surface area (Å²) < 4.78 is 0. The first-order valence-electron chi connectivity index (χ1n) is 8.46. The van der Waals surface area contributed by atoms with E-state index < -0.39 is 0 Å². The van der Waals surface area contributed by atoms with Gasteiger partial charge in [0.1, 0.15) is 0 Å². The van der Waals surface area contributed by atoms with Crippen molar-refractivity contribution in [2.24, 2.45) is 0 Å². The van der Waals surface area contributed by atoms with Gasteiger partial charge in [0, 0.05) is 43.4 Å². The largest absolute Gasteiger partial charge is 0.322 e. The molecule has 0 aliphatic carbocycles. The summed E-state index contributed by atoms with van der Waals surface area (Å²) in [5.41, 5.74) is 1.98. The molecule has 4 nitrogen and oxygen atoms in total. The standard InChI is InChI=1S/C20H22ClN3O/c21-18-8-10-19(11-9-18)22-20(25)24-15-13-23(14-16-24)12-4-7-17-5-2-1-3-6-17/h1-11H,12-16H2,(H,22,25). The van der Waals surface area contributed by atoms with Gasteiger partial charge < -0.3 is 10.2 Å². The summed E-state index contributed by atoms with van der Waals surface area (Å²) in [6.07, 6.45) is 4.32. The van der Waals surface area contributed by atoms with Gasteiger partial charge in [-0.05, 0) is 29.8 Å². The number of hydrogen-bond donors (Lipinski definition) is 1. The molecule has 2 aromatic rings. The summed E-state index contributed by atoms with van der Waals surface area (Å²) in [6.45, 7) is 4.14. The third-order valence-corrected chi connectivity index (χ3v) is 4.48. The van der Waals surface area contributed by atoms with Crippen LogP contribution in [-0.2, 0) is 0 Å². The number of carbonyl (C=O) groups is 1. The van der Waals surface area contributed by atoms with E-state index in [4.69, 9.17) is 11.6 Å². The van der Waals surface area contributed by atoms with Crippen LogP contribution in [-0.4, -0.2) is 48.6 Å². The summed E-state index contributed by atoms with van der Waals surface area (Å²) in [6, 6.07) is 17.4. The first-order valence-corrected chi connectivity index (χ1v) is 8.84. The Morgan fingerprint density at radius 2 is 1.68 bits per heavy atom. The first kappa shape index (κ1) is 17.5. The highest BCUT2D eigenvalue weighted by molar-refractivity contribution is 6.30. The van der Waals surface area contributed by atoms with E-state index in [0.717, 1.165) is 38.4 Å². The minimum Gasteiger partial charge on any atom is -0.322 e. The molecule has 1 saturated heterocycles. The van der Waals surface area contributed by atoms with Crippen molar-refractivity contribution in [2.45, 2.75) is 0 Å². The van der Waals surface area contributed by atoms with Crippen LogP contribution in [0.5, 0.6) is 0 Å². The van der Waals surface area contributed by atoms with E-state index in [2.05, 4.69) is 34.5 Å². The van der Waals surface area contributed by atoms with Crippen molar-refractivity contribution in [1.82, 2.24) is 9.80 Å². The van der Waals surface area contributed by atoms with Gasteiger partial charge in [-0.3, -0.25) is 4.90 Å². The maximum atomic E-state index is 12.3. The Bertz CT molecular complexity index is 707. The zero-order valence-corrected chi connectivity index (χ0v) is 14.8. The van der Waals surface area contributed by atoms with Crippen LogP contribution in [0, 0.1) is 0 Å². The molecule has 0 saturated carbocycles. The summed E-state index contributed by atoms with van der Waals surface area (Å²) in [5.74, 6) is 0. The fourth-order valence-electron chi connectivity index (χ4n) is 2.77. The van der Waals surface area contributed by atoms with E-state index in [-0.39, 0.29) is 6.03 Å². The summed E-state index contributed by atoms with van der Waals surface area (Å²) >= 11 is 5.86. The molecule has 1 fully saturated rings. The molecule has 3 rings (SSSR count). The smallest absolute Gasteiger partial charge is 0.321 e. The van der Waals surface area contributed by atoms with Crippen molar-refractivity contribution in [2.75, 3.05) is 38.0 Å². The molecule has 1 N–H and O–H groups in total. The zero-order chi connectivity index (χ0) is 17.5. The number of halogens is 1. The molecule has 2 aromatic carbocycles. The molecule has 0 radical (unpaired) electrons. The van der Waals surface area contributed by atoms with Gasteiger partial charge in [-0.1, -0.05) is 54.1 Å². The quantitative estimate of drug-likeness (QED) is 0.892. The lowest BCUT2D eigenvalue weighted by Crippen LogP contribution is -2.49. The molecule has 0 bridgehead atoms. The van der Waals surface area contributed by atoms with Crippen LogP contribution in [0.4, 0.5) is 10.5 Å². The number of piperazine rings is 1. The zero-order valence-electron chi connectivity index (χ0n) is 14.1. The van der Waals surface area contributed by atoms with Crippen LogP contribution in [0.1, 0.15) is 5.56 Å². The highest BCUT2D eigenvalue weighted by atomic mass is 35.5. The number of nitrogens with one attached hydrogen (secondary N) is 1. The summed E-state index contributed by atoms with van der Waals surface area (Å²) in [4.78, 5) is 16.5. The Kier molecular flexibility index (Phi) is 6.09. The fraction of sp³-hybridized carbons (Fsp3) is 0.250. The van der Waals surface area contributed by atoms with Gasteiger partial charge in [0.2, 0.25) is 0 Å². The molecule has 25 heavy (non-hydrogen) atoms. The topological polar surface area (TPSA) is 35.6 Å². The Balaban J connectivity index is 1.42. The third-order valence-electron chi connectivity index (χ3n) is 4.23. The molecular formula is C20H22ClN3O. The van der Waals surface area contributed by atoms with E-state index in [1.807, 2.05) is 35.2 Å². The maximum Gasteiger partial charge on any atom is 0.321 e. The predicted molar refractivity (Wildman–Crippen MR) is 104 cm³/mol. The van der Waals surface area contributed by atoms with E-state index in [0.29, 0.717) is 5.02 Å². The lowest BCUT2D eigenvalue weighted by Gasteiger charge is -2.34. The molecule has 5 heteroatoms. The second-order valence-electron chi connectivity index (χ2n) is 6.04. The average molecular weight is 356 g/mol. The molecule has 1 aliphatic rings. The number of hydrogen-bond acceptors (Lipinski definition) is 2. The Hall–Kier alpha value is -2.30. The second-order valence-corrected chi connectivity index (χ2v) is 6.47. The molecule has 1 aliphatic heterocycles. The molecule has 0 aromatic heterocycles. The number of anilines is 1. The highest BCUT2D eigenvalue weighted by Gasteiger charge is 2.20. The first-order chi connectivity index (χ1) is 12.2. The maximum absolute atomic E-state index is 12.3. The predicted octanol–water partition coefficient (Wildman–Crippen LogP) is 4.20. The van der Waals surface area contributed by atoms with Gasteiger partial charge in [0.15, 0.2) is 0 Å². The van der Waals surface area contributed by atoms with Crippen LogP contribution >= 0.6 is 11.6 Å². The van der Waals surface area contributed by atoms with Crippen molar-refractivity contribution in [3.05, 3.63) is 71.3 Å². The van der Waals surface area contributed by atoms with Crippen LogP contribution in [0.2, 0.25) is 5.02 Å². The van der Waals surface area contributed by atoms with Crippen molar-refractivity contribution >= 4 is 29.4 Å². The molecule has 0 atom stereocenters. The number of carbonyl (C=O) groups excluding carboxylic acids is 1. The molecule has 1 heterocycles. The van der Waals surface area contributed by atoms with Crippen molar-refractivity contribution < 1.29 is 4.79 Å². The van der Waals surface area contributed by atoms with E-state index >= 15 is 0 Å². The van der Waals surface area contributed by atoms with Gasteiger partial charge >= 0.3 is 6.03 Å². The third kappa shape index (κ3) is 5.34. The summed E-state index contributed by atoms with van der Waals surface area (Å²) in [7, 11) is 0. The number of nitrogens with zero attached hydrogens (tertiary/aromatic N) is 2. The number of urea groups is 1. The lowest BCUT2D eigenvalue weighted by molar-refractivity contribution is 0.156. The van der Waals surface area contributed by atoms with Gasteiger partial charge in [-0.15, -0.1) is 0 Å². The molecule has 130 valence electrons. The number of rotatable bonds is 4. The Morgan fingerprint density at radius 3 is 2.36 bits per heavy atom. The van der Waals surface area contributed by atoms with Gasteiger partial charge in [0.05, 0.1) is 0 Å². The second kappa shape index (κ2) is 8.70. The SMILES string of the molecule is O=C(Nc1ccc(Cl)cc1)N1CCN(CC=Cc2ccccc2)CC1. The minimum absolute atomic E-state index is 0.0539. The van der Waals surface area contributed by atoms with Crippen molar-refractivity contribution in [3.63, 3.8) is 0 Å². The summed E-state index contributed by atoms with van der Waals surface area (Å²) in [5, 5.41) is 3.58. The van der Waals surface area contributed by atoms with Gasteiger partial charge in [-0.2, -0.15) is 0 Å². The normalized spacial score (nSPS) is 15.5. The fourth-order valence-corrected chi connectivity index (χ4v) is 2.90. The van der Waals surface area contributed by atoms with Gasteiger partial charge in [0.25, 0.3) is 0 Å². The lowest BCUT2D eigenvalue weighted by atomic mass is 10.2. The van der Waals surface area contributed by atoms with E-state index in [9.17, 15) is 4.79 Å². The molecular weight excluding hydrogens is 334 g/mol. The molecule has 0 spiro atoms. The van der Waals surface area contributed by atoms with Crippen molar-refractivity contribution in [3.8, 4) is 0 Å². The van der Waals surface area contributed by atoms with Crippen molar-refractivity contribution in [1.29, 1.82) is 0 Å². The van der Waals surface area contributed by atoms with Crippen LogP contribution in [0.25, 0.3) is 6.08 Å². The number of benzene rings is 2. The molecule has 0 unspecified atom stereocenters. The Morgan fingerprint density at radius 1 is 1.00 bits per heavy atom. The Labute approximate surface area is 153 Å². The van der Waals surface area contributed by atoms with E-state index in [1.165, 1.54) is 5.56 Å². The van der Waals surface area contributed by atoms with Crippen LogP contribution in [0.3, 0.4) is 0 Å². The molecule has 2 amide bonds. The van der Waals surface area contributed by atoms with Crippen LogP contribution < -0.4 is 5.32 Å². The van der Waals surface area contributed by atoms with Gasteiger partial charge in [-0.25, -0.2) is 4.79 Å². The monoisotopic (exact) mass is 355 g/mol. The van der Waals surface area contributed by atoms with Crippen LogP contribution in [0.15, 0.2) is 60.7 Å². The average Bonchev–Trinajstić information content (AvgIpc) is 2.65. The van der Waals surface area contributed by atoms with E-state index in [1.54, 1.807) is 12.1 Å².